The van der Waals surface area contributed by atoms with E-state index in [1.807, 2.05) is 0 Å². The zero-order chi connectivity index (χ0) is 29.0. The van der Waals surface area contributed by atoms with Crippen molar-refractivity contribution in [3.63, 3.8) is 0 Å². The van der Waals surface area contributed by atoms with Gasteiger partial charge >= 0.3 is 13.3 Å². The molecule has 0 heterocycles. The smallest absolute Gasteiger partial charge is 0.459 e. The first-order chi connectivity index (χ1) is 18.5. The van der Waals surface area contributed by atoms with E-state index in [-0.39, 0.29) is 45.5 Å². The zero-order valence-electron chi connectivity index (χ0n) is 24.2. The van der Waals surface area contributed by atoms with Gasteiger partial charge in [0, 0.05) is 17.7 Å². The Hall–Kier alpha value is -3.50. The number of benzene rings is 3. The Balaban J connectivity index is 2.21. The van der Waals surface area contributed by atoms with Crippen LogP contribution in [0.4, 0.5) is 0 Å². The van der Waals surface area contributed by atoms with Gasteiger partial charge in [0.1, 0.15) is 17.2 Å². The molecule has 0 amide bonds. The number of rotatable bonds is 11. The molecule has 0 saturated carbocycles. The Kier molecular flexibility index (Phi) is 9.68. The molecule has 1 unspecified atom stereocenters. The summed E-state index contributed by atoms with van der Waals surface area (Å²) in [5, 5.41) is 0.180. The number of ether oxygens (including phenoxy) is 3. The molecule has 0 aliphatic rings. The molecule has 0 saturated heterocycles. The summed E-state index contributed by atoms with van der Waals surface area (Å²) in [4.78, 5) is 28.0. The lowest BCUT2D eigenvalue weighted by Gasteiger charge is -2.22. The van der Waals surface area contributed by atoms with Crippen LogP contribution in [0.3, 0.4) is 0 Å². The van der Waals surface area contributed by atoms with E-state index in [0.717, 1.165) is 11.1 Å². The minimum Gasteiger partial charge on any atom is -0.496 e. The number of methoxy groups -OCH3 is 3. The van der Waals surface area contributed by atoms with Crippen molar-refractivity contribution in [3.05, 3.63) is 81.9 Å². The highest BCUT2D eigenvalue weighted by molar-refractivity contribution is 7.71. The quantitative estimate of drug-likeness (QED) is 0.181. The Morgan fingerprint density at radius 2 is 1.21 bits per heavy atom. The first-order valence-corrected chi connectivity index (χ1v) is 14.4. The van der Waals surface area contributed by atoms with Crippen LogP contribution in [0.5, 0.6) is 17.2 Å². The fourth-order valence-corrected chi connectivity index (χ4v) is 5.88. The van der Waals surface area contributed by atoms with Crippen LogP contribution in [0.2, 0.25) is 0 Å². The predicted octanol–water partition coefficient (Wildman–Crippen LogP) is 7.61. The maximum atomic E-state index is 14.3. The van der Waals surface area contributed by atoms with Crippen LogP contribution in [0.25, 0.3) is 0 Å². The minimum absolute atomic E-state index is 0.0381. The van der Waals surface area contributed by atoms with Gasteiger partial charge in [-0.2, -0.15) is 0 Å². The van der Waals surface area contributed by atoms with Gasteiger partial charge in [0.2, 0.25) is 5.30 Å². The fourth-order valence-electron chi connectivity index (χ4n) is 4.62. The van der Waals surface area contributed by atoms with Crippen LogP contribution in [-0.4, -0.2) is 32.6 Å². The Morgan fingerprint density at radius 1 is 0.692 bits per heavy atom. The standard InChI is InChI=1S/C32H38O6P/c1-18(2)21-14-24(19(3)4)29(25(15-21)20(5)6)31(33)23-12-10-11-13-28(23)39(35)32(34)30-26(37-8)16-22(36-7)17-27(30)38-9/h10-20H,1-9H3/q+1. The largest absolute Gasteiger partial charge is 0.496 e. The lowest BCUT2D eigenvalue weighted by molar-refractivity contribution is 0.103. The van der Waals surface area contributed by atoms with Crippen LogP contribution in [0, 0.1) is 0 Å². The molecule has 0 fully saturated rings. The first-order valence-electron chi connectivity index (χ1n) is 13.1. The summed E-state index contributed by atoms with van der Waals surface area (Å²) < 4.78 is 30.0. The van der Waals surface area contributed by atoms with Crippen molar-refractivity contribution in [3.8, 4) is 17.2 Å². The van der Waals surface area contributed by atoms with Crippen molar-refractivity contribution in [1.82, 2.24) is 0 Å². The molecule has 0 spiro atoms. The number of carbonyl (C=O) groups is 2. The second-order valence-electron chi connectivity index (χ2n) is 10.4. The molecule has 0 radical (unpaired) electrons. The summed E-state index contributed by atoms with van der Waals surface area (Å²) in [7, 11) is 1.63. The molecule has 3 aromatic rings. The van der Waals surface area contributed by atoms with Crippen molar-refractivity contribution < 1.29 is 28.4 Å². The monoisotopic (exact) mass is 549 g/mol. The van der Waals surface area contributed by atoms with Crippen molar-refractivity contribution in [2.45, 2.75) is 59.3 Å². The molecule has 6 nitrogen and oxygen atoms in total. The second-order valence-corrected chi connectivity index (χ2v) is 11.9. The molecule has 0 aliphatic carbocycles. The van der Waals surface area contributed by atoms with E-state index in [1.54, 1.807) is 24.3 Å². The highest BCUT2D eigenvalue weighted by Gasteiger charge is 2.41. The van der Waals surface area contributed by atoms with Gasteiger partial charge in [-0.3, -0.25) is 4.79 Å². The van der Waals surface area contributed by atoms with E-state index in [1.165, 1.54) is 39.0 Å². The van der Waals surface area contributed by atoms with Crippen LogP contribution in [-0.2, 0) is 4.57 Å². The molecule has 0 aromatic heterocycles. The molecule has 3 aromatic carbocycles. The number of ketones is 1. The molecule has 0 N–H and O–H groups in total. The average Bonchev–Trinajstić information content (AvgIpc) is 2.94. The van der Waals surface area contributed by atoms with Gasteiger partial charge in [-0.1, -0.05) is 70.4 Å². The van der Waals surface area contributed by atoms with Crippen molar-refractivity contribution >= 4 is 24.4 Å². The van der Waals surface area contributed by atoms with E-state index < -0.39 is 13.3 Å². The fraction of sp³-hybridized carbons (Fsp3) is 0.375. The maximum absolute atomic E-state index is 14.3. The van der Waals surface area contributed by atoms with Gasteiger partial charge in [0.25, 0.3) is 0 Å². The van der Waals surface area contributed by atoms with Gasteiger partial charge in [0.15, 0.2) is 11.3 Å². The van der Waals surface area contributed by atoms with Gasteiger partial charge in [0.05, 0.1) is 26.9 Å². The maximum Gasteiger partial charge on any atom is 0.459 e. The molecule has 1 atom stereocenters. The van der Waals surface area contributed by atoms with Gasteiger partial charge in [-0.15, -0.1) is 0 Å². The predicted molar refractivity (Wildman–Crippen MR) is 156 cm³/mol. The van der Waals surface area contributed by atoms with Crippen LogP contribution in [0.1, 0.15) is 102 Å². The molecule has 0 bridgehead atoms. The Bertz CT molecular complexity index is 1350. The van der Waals surface area contributed by atoms with Crippen molar-refractivity contribution in [2.75, 3.05) is 21.3 Å². The molecule has 3 rings (SSSR count). The summed E-state index contributed by atoms with van der Waals surface area (Å²) in [5.74, 6) is 1.04. The van der Waals surface area contributed by atoms with Crippen LogP contribution in [0.15, 0.2) is 48.5 Å². The number of hydrogen-bond donors (Lipinski definition) is 0. The lowest BCUT2D eigenvalue weighted by Crippen LogP contribution is -2.20. The third kappa shape index (κ3) is 6.07. The topological polar surface area (TPSA) is 78.9 Å². The van der Waals surface area contributed by atoms with E-state index in [4.69, 9.17) is 14.2 Å². The average molecular weight is 550 g/mol. The van der Waals surface area contributed by atoms with Gasteiger partial charge in [-0.05, 0) is 46.6 Å². The highest BCUT2D eigenvalue weighted by Crippen LogP contribution is 2.41. The number of carbonyl (C=O) groups excluding carboxylic acids is 2. The first kappa shape index (κ1) is 30.0. The van der Waals surface area contributed by atoms with Crippen molar-refractivity contribution in [1.29, 1.82) is 0 Å². The lowest BCUT2D eigenvalue weighted by atomic mass is 9.81. The van der Waals surface area contributed by atoms with Crippen LogP contribution >= 0.6 is 7.80 Å². The van der Waals surface area contributed by atoms with Crippen LogP contribution < -0.4 is 19.5 Å². The molecular weight excluding hydrogens is 511 g/mol. The van der Waals surface area contributed by atoms with E-state index in [0.29, 0.717) is 17.2 Å². The summed E-state index contributed by atoms with van der Waals surface area (Å²) in [5.41, 5.74) is 3.29. The van der Waals surface area contributed by atoms with E-state index in [9.17, 15) is 14.2 Å². The number of hydrogen-bond acceptors (Lipinski definition) is 6. The SMILES string of the molecule is COc1cc(OC)c(C(=O)[P+](=O)c2ccccc2C(=O)c2c(C(C)C)cc(C(C)C)cc2C(C)C)c(OC)c1. The second kappa shape index (κ2) is 12.6. The summed E-state index contributed by atoms with van der Waals surface area (Å²) in [6.07, 6.45) is 0. The molecule has 7 heteroatoms. The Labute approximate surface area is 232 Å². The summed E-state index contributed by atoms with van der Waals surface area (Å²) in [6.45, 7) is 12.5. The zero-order valence-corrected chi connectivity index (χ0v) is 25.1. The third-order valence-electron chi connectivity index (χ3n) is 6.84. The van der Waals surface area contributed by atoms with Crippen molar-refractivity contribution in [2.24, 2.45) is 0 Å². The third-order valence-corrected chi connectivity index (χ3v) is 8.26. The van der Waals surface area contributed by atoms with E-state index >= 15 is 0 Å². The molecule has 0 aliphatic heterocycles. The molecular formula is C32H38O6P+. The van der Waals surface area contributed by atoms with Gasteiger partial charge < -0.3 is 14.2 Å². The Morgan fingerprint density at radius 3 is 1.64 bits per heavy atom. The minimum atomic E-state index is -2.69. The summed E-state index contributed by atoms with van der Waals surface area (Å²) in [6, 6.07) is 13.9. The van der Waals surface area contributed by atoms with E-state index in [2.05, 4.69) is 53.7 Å². The molecule has 206 valence electrons. The van der Waals surface area contributed by atoms with Gasteiger partial charge in [-0.25, -0.2) is 4.79 Å². The highest BCUT2D eigenvalue weighted by atomic mass is 31.1. The normalized spacial score (nSPS) is 11.6. The molecule has 39 heavy (non-hydrogen) atoms. The summed E-state index contributed by atoms with van der Waals surface area (Å²) >= 11 is 0.